The molecule has 0 bridgehead atoms. The van der Waals surface area contributed by atoms with Crippen LogP contribution in [-0.4, -0.2) is 5.24 Å². The van der Waals surface area contributed by atoms with E-state index in [0.29, 0.717) is 5.56 Å². The van der Waals surface area contributed by atoms with Crippen molar-refractivity contribution in [1.82, 2.24) is 0 Å². The van der Waals surface area contributed by atoms with Crippen LogP contribution < -0.4 is 0 Å². The summed E-state index contributed by atoms with van der Waals surface area (Å²) in [4.78, 5) is 10.8. The molecular weight excluding hydrogens is 184 g/mol. The molecule has 0 heterocycles. The maximum atomic E-state index is 10.8. The van der Waals surface area contributed by atoms with Gasteiger partial charge < -0.3 is 0 Å². The van der Waals surface area contributed by atoms with Crippen molar-refractivity contribution in [2.24, 2.45) is 0 Å². The van der Waals surface area contributed by atoms with Gasteiger partial charge in [-0.2, -0.15) is 0 Å². The Kier molecular flexibility index (Phi) is 3.04. The minimum atomic E-state index is -0.460. The molecule has 1 aromatic rings. The van der Waals surface area contributed by atoms with Gasteiger partial charge in [0.2, 0.25) is 0 Å². The molecule has 0 unspecified atom stereocenters. The van der Waals surface area contributed by atoms with Gasteiger partial charge in [-0.25, -0.2) is 0 Å². The van der Waals surface area contributed by atoms with E-state index >= 15 is 0 Å². The van der Waals surface area contributed by atoms with Gasteiger partial charge in [0.25, 0.3) is 5.24 Å². The van der Waals surface area contributed by atoms with Gasteiger partial charge in [0, 0.05) is 5.56 Å². The summed E-state index contributed by atoms with van der Waals surface area (Å²) in [5.41, 5.74) is 2.28. The summed E-state index contributed by atoms with van der Waals surface area (Å²) in [5.74, 6) is 0. The van der Waals surface area contributed by atoms with E-state index in [9.17, 15) is 4.79 Å². The second-order valence-corrected chi connectivity index (χ2v) is 2.87. The number of halogens is 1. The van der Waals surface area contributed by atoms with Crippen molar-refractivity contribution in [1.29, 1.82) is 0 Å². The van der Waals surface area contributed by atoms with Crippen LogP contribution in [0, 0.1) is 0 Å². The molecule has 0 atom stereocenters. The zero-order valence-electron chi connectivity index (χ0n) is 7.09. The van der Waals surface area contributed by atoms with Crippen LogP contribution in [0.2, 0.25) is 0 Å². The molecule has 0 aliphatic carbocycles. The Morgan fingerprint density at radius 3 is 2.31 bits per heavy atom. The van der Waals surface area contributed by atoms with Crippen LogP contribution in [-0.2, 0) is 0 Å². The first kappa shape index (κ1) is 9.75. The van der Waals surface area contributed by atoms with Gasteiger partial charge in [0.15, 0.2) is 0 Å². The fraction of sp³-hybridized carbons (Fsp3) is 0. The Balaban J connectivity index is 3.28. The second kappa shape index (κ2) is 4.06. The lowest BCUT2D eigenvalue weighted by Gasteiger charge is -2.01. The number of hydrogen-bond acceptors (Lipinski definition) is 1. The van der Waals surface area contributed by atoms with E-state index in [0.717, 1.165) is 11.1 Å². The number of rotatable bonds is 3. The molecule has 0 saturated heterocycles. The van der Waals surface area contributed by atoms with Crippen molar-refractivity contribution in [3.63, 3.8) is 0 Å². The topological polar surface area (TPSA) is 17.1 Å². The lowest BCUT2D eigenvalue weighted by atomic mass is 10.0. The van der Waals surface area contributed by atoms with Gasteiger partial charge in [0.05, 0.1) is 0 Å². The highest BCUT2D eigenvalue weighted by Crippen LogP contribution is 2.15. The minimum Gasteiger partial charge on any atom is -0.276 e. The first-order chi connectivity index (χ1) is 6.19. The first-order valence-electron chi connectivity index (χ1n) is 3.77. The van der Waals surface area contributed by atoms with Crippen LogP contribution in [0.1, 0.15) is 21.5 Å². The summed E-state index contributed by atoms with van der Waals surface area (Å²) in [6, 6.07) is 5.15. The average Bonchev–Trinajstić information content (AvgIpc) is 2.16. The first-order valence-corrected chi connectivity index (χ1v) is 4.15. The highest BCUT2D eigenvalue weighted by atomic mass is 35.5. The summed E-state index contributed by atoms with van der Waals surface area (Å²) in [6.07, 6.45) is 3.37. The van der Waals surface area contributed by atoms with Gasteiger partial charge >= 0.3 is 0 Å². The van der Waals surface area contributed by atoms with Crippen molar-refractivity contribution in [3.05, 3.63) is 48.0 Å². The molecule has 13 heavy (non-hydrogen) atoms. The molecule has 1 nitrogen and oxygen atoms in total. The highest BCUT2D eigenvalue weighted by Gasteiger charge is 2.03. The van der Waals surface area contributed by atoms with E-state index in [4.69, 9.17) is 11.6 Å². The van der Waals surface area contributed by atoms with Crippen LogP contribution in [0.15, 0.2) is 31.4 Å². The Labute approximate surface area is 82.3 Å². The lowest BCUT2D eigenvalue weighted by Crippen LogP contribution is -1.90. The largest absolute Gasteiger partial charge is 0.276 e. The summed E-state index contributed by atoms with van der Waals surface area (Å²) >= 11 is 5.33. The third-order valence-electron chi connectivity index (χ3n) is 1.75. The molecule has 0 aromatic heterocycles. The number of hydrogen-bond donors (Lipinski definition) is 0. The smallest absolute Gasteiger partial charge is 0.252 e. The Bertz CT molecular complexity index is 366. The van der Waals surface area contributed by atoms with Gasteiger partial charge in [-0.15, -0.1) is 0 Å². The fourth-order valence-electron chi connectivity index (χ4n) is 1.06. The minimum absolute atomic E-state index is 0.460. The summed E-state index contributed by atoms with van der Waals surface area (Å²) in [6.45, 7) is 7.29. The number of carbonyl (C=O) groups excluding carboxylic acids is 1. The zero-order valence-corrected chi connectivity index (χ0v) is 7.84. The number of benzene rings is 1. The number of carbonyl (C=O) groups is 1. The van der Waals surface area contributed by atoms with E-state index in [2.05, 4.69) is 13.2 Å². The molecule has 0 amide bonds. The molecule has 0 N–H and O–H groups in total. The van der Waals surface area contributed by atoms with Gasteiger partial charge in [-0.05, 0) is 34.9 Å². The molecule has 0 spiro atoms. The molecular formula is C11H9ClO. The monoisotopic (exact) mass is 192 g/mol. The summed E-state index contributed by atoms with van der Waals surface area (Å²) in [5, 5.41) is -0.460. The van der Waals surface area contributed by atoms with E-state index in [1.54, 1.807) is 30.4 Å². The SMILES string of the molecule is C=Cc1ccc(C(=O)Cl)cc1C=C. The normalized spacial score (nSPS) is 9.31. The molecule has 0 aliphatic rings. The molecule has 1 aromatic carbocycles. The Morgan fingerprint density at radius 2 is 1.85 bits per heavy atom. The van der Waals surface area contributed by atoms with Crippen molar-refractivity contribution < 1.29 is 4.79 Å². The zero-order chi connectivity index (χ0) is 9.84. The van der Waals surface area contributed by atoms with Crippen LogP contribution in [0.3, 0.4) is 0 Å². The molecule has 0 aliphatic heterocycles. The Hall–Kier alpha value is -1.34. The molecule has 0 saturated carbocycles. The summed E-state index contributed by atoms with van der Waals surface area (Å²) < 4.78 is 0. The molecule has 2 heteroatoms. The van der Waals surface area contributed by atoms with Crippen LogP contribution >= 0.6 is 11.6 Å². The fourth-order valence-corrected chi connectivity index (χ4v) is 1.18. The standard InChI is InChI=1S/C11H9ClO/c1-3-8-5-6-10(11(12)13)7-9(8)4-2/h3-7H,1-2H2. The third-order valence-corrected chi connectivity index (χ3v) is 1.97. The average molecular weight is 193 g/mol. The molecule has 1 rings (SSSR count). The van der Waals surface area contributed by atoms with Crippen LogP contribution in [0.4, 0.5) is 0 Å². The maximum absolute atomic E-state index is 10.8. The van der Waals surface area contributed by atoms with Crippen LogP contribution in [0.5, 0.6) is 0 Å². The van der Waals surface area contributed by atoms with E-state index in [-0.39, 0.29) is 0 Å². The van der Waals surface area contributed by atoms with E-state index in [1.807, 2.05) is 0 Å². The summed E-state index contributed by atoms with van der Waals surface area (Å²) in [7, 11) is 0. The van der Waals surface area contributed by atoms with Gasteiger partial charge in [0.1, 0.15) is 0 Å². The van der Waals surface area contributed by atoms with E-state index < -0.39 is 5.24 Å². The van der Waals surface area contributed by atoms with Crippen molar-refractivity contribution in [2.45, 2.75) is 0 Å². The second-order valence-electron chi connectivity index (χ2n) is 2.53. The lowest BCUT2D eigenvalue weighted by molar-refractivity contribution is 0.108. The van der Waals surface area contributed by atoms with Gasteiger partial charge in [-0.1, -0.05) is 31.4 Å². The predicted molar refractivity (Wildman–Crippen MR) is 56.8 cm³/mol. The third kappa shape index (κ3) is 2.07. The molecule has 0 radical (unpaired) electrons. The van der Waals surface area contributed by atoms with Gasteiger partial charge in [-0.3, -0.25) is 4.79 Å². The van der Waals surface area contributed by atoms with E-state index in [1.165, 1.54) is 0 Å². The molecule has 66 valence electrons. The van der Waals surface area contributed by atoms with Crippen LogP contribution in [0.25, 0.3) is 12.2 Å². The van der Waals surface area contributed by atoms with Crippen molar-refractivity contribution >= 4 is 29.0 Å². The molecule has 0 fully saturated rings. The quantitative estimate of drug-likeness (QED) is 0.672. The highest BCUT2D eigenvalue weighted by molar-refractivity contribution is 6.67. The Morgan fingerprint density at radius 1 is 1.23 bits per heavy atom. The maximum Gasteiger partial charge on any atom is 0.252 e. The van der Waals surface area contributed by atoms with Crippen molar-refractivity contribution in [2.75, 3.05) is 0 Å². The predicted octanol–water partition coefficient (Wildman–Crippen LogP) is 3.35. The van der Waals surface area contributed by atoms with Crippen molar-refractivity contribution in [3.8, 4) is 0 Å².